The van der Waals surface area contributed by atoms with Gasteiger partial charge in [-0.1, -0.05) is 23.7 Å². The lowest BCUT2D eigenvalue weighted by atomic mass is 10.1. The van der Waals surface area contributed by atoms with E-state index in [-0.39, 0.29) is 5.91 Å². The summed E-state index contributed by atoms with van der Waals surface area (Å²) >= 11 is 5.88. The zero-order chi connectivity index (χ0) is 17.9. The molecule has 0 spiro atoms. The standard InChI is InChI=1S/C19H16ClN3O3/c20-14-4-1-12(2-5-14)10-21-19(24)15-11-22-23-18(15)13-3-6-16-17(9-13)26-8-7-25-16/h1-6,9,11H,7-8,10H2,(H,21,24)(H,22,23). The Balaban J connectivity index is 1.52. The fraction of sp³-hybridized carbons (Fsp3) is 0.158. The summed E-state index contributed by atoms with van der Waals surface area (Å²) in [6.45, 7) is 1.45. The Morgan fingerprint density at radius 3 is 2.69 bits per heavy atom. The van der Waals surface area contributed by atoms with Crippen LogP contribution in [0.4, 0.5) is 0 Å². The van der Waals surface area contributed by atoms with Gasteiger partial charge >= 0.3 is 0 Å². The molecule has 0 atom stereocenters. The Morgan fingerprint density at radius 2 is 1.88 bits per heavy atom. The van der Waals surface area contributed by atoms with E-state index in [4.69, 9.17) is 21.1 Å². The van der Waals surface area contributed by atoms with Crippen LogP contribution in [0, 0.1) is 0 Å². The Kier molecular flexibility index (Phi) is 4.50. The summed E-state index contributed by atoms with van der Waals surface area (Å²) in [5.74, 6) is 1.16. The van der Waals surface area contributed by atoms with Crippen LogP contribution in [0.2, 0.25) is 5.02 Å². The summed E-state index contributed by atoms with van der Waals surface area (Å²) in [5.41, 5.74) is 2.88. The Bertz CT molecular complexity index is 937. The number of halogens is 1. The number of hydrogen-bond acceptors (Lipinski definition) is 4. The second-order valence-corrected chi connectivity index (χ2v) is 6.26. The van der Waals surface area contributed by atoms with E-state index in [1.165, 1.54) is 6.20 Å². The van der Waals surface area contributed by atoms with Crippen molar-refractivity contribution in [1.29, 1.82) is 0 Å². The van der Waals surface area contributed by atoms with Crippen LogP contribution < -0.4 is 14.8 Å². The van der Waals surface area contributed by atoms with Crippen molar-refractivity contribution >= 4 is 17.5 Å². The van der Waals surface area contributed by atoms with Crippen LogP contribution in [-0.2, 0) is 6.54 Å². The van der Waals surface area contributed by atoms with Gasteiger partial charge in [-0.3, -0.25) is 9.89 Å². The molecular weight excluding hydrogens is 354 g/mol. The largest absolute Gasteiger partial charge is 0.486 e. The summed E-state index contributed by atoms with van der Waals surface area (Å²) in [6.07, 6.45) is 1.52. The normalized spacial score (nSPS) is 12.7. The molecule has 1 aromatic heterocycles. The SMILES string of the molecule is O=C(NCc1ccc(Cl)cc1)c1cn[nH]c1-c1ccc2c(c1)OCCO2. The lowest BCUT2D eigenvalue weighted by Gasteiger charge is -2.18. The number of H-pyrrole nitrogens is 1. The molecule has 3 aromatic rings. The molecule has 2 aromatic carbocycles. The molecular formula is C19H16ClN3O3. The fourth-order valence-corrected chi connectivity index (χ4v) is 2.88. The minimum Gasteiger partial charge on any atom is -0.486 e. The molecule has 132 valence electrons. The summed E-state index contributed by atoms with van der Waals surface area (Å²) < 4.78 is 11.1. The molecule has 1 amide bonds. The molecule has 2 heterocycles. The van der Waals surface area contributed by atoms with Gasteiger partial charge in [0.1, 0.15) is 13.2 Å². The number of carbonyl (C=O) groups is 1. The number of amides is 1. The molecule has 4 rings (SSSR count). The first-order chi connectivity index (χ1) is 12.7. The summed E-state index contributed by atoms with van der Waals surface area (Å²) in [6, 6.07) is 12.9. The number of ether oxygens (including phenoxy) is 2. The minimum atomic E-state index is -0.210. The number of hydrogen-bond donors (Lipinski definition) is 2. The van der Waals surface area contributed by atoms with E-state index in [2.05, 4.69) is 15.5 Å². The number of benzene rings is 2. The van der Waals surface area contributed by atoms with Crippen molar-refractivity contribution in [1.82, 2.24) is 15.5 Å². The highest BCUT2D eigenvalue weighted by atomic mass is 35.5. The number of nitrogens with zero attached hydrogens (tertiary/aromatic N) is 1. The molecule has 0 saturated heterocycles. The highest BCUT2D eigenvalue weighted by molar-refractivity contribution is 6.30. The Labute approximate surface area is 155 Å². The number of nitrogens with one attached hydrogen (secondary N) is 2. The lowest BCUT2D eigenvalue weighted by Crippen LogP contribution is -2.23. The first-order valence-corrected chi connectivity index (χ1v) is 8.54. The Morgan fingerprint density at radius 1 is 1.12 bits per heavy atom. The van der Waals surface area contributed by atoms with Gasteiger partial charge in [0.05, 0.1) is 17.5 Å². The van der Waals surface area contributed by atoms with Crippen molar-refractivity contribution in [2.45, 2.75) is 6.54 Å². The maximum atomic E-state index is 12.6. The molecule has 2 N–H and O–H groups in total. The molecule has 1 aliphatic rings. The average Bonchev–Trinajstić information content (AvgIpc) is 3.17. The van der Waals surface area contributed by atoms with Crippen LogP contribution in [0.3, 0.4) is 0 Å². The van der Waals surface area contributed by atoms with Crippen molar-refractivity contribution < 1.29 is 14.3 Å². The first-order valence-electron chi connectivity index (χ1n) is 8.17. The summed E-state index contributed by atoms with van der Waals surface area (Å²) in [4.78, 5) is 12.6. The van der Waals surface area contributed by atoms with Gasteiger partial charge in [-0.25, -0.2) is 0 Å². The molecule has 26 heavy (non-hydrogen) atoms. The highest BCUT2D eigenvalue weighted by Crippen LogP contribution is 2.34. The summed E-state index contributed by atoms with van der Waals surface area (Å²) in [5, 5.41) is 10.5. The summed E-state index contributed by atoms with van der Waals surface area (Å²) in [7, 11) is 0. The molecule has 0 radical (unpaired) electrons. The van der Waals surface area contributed by atoms with E-state index in [1.807, 2.05) is 30.3 Å². The third-order valence-electron chi connectivity index (χ3n) is 4.08. The van der Waals surface area contributed by atoms with Gasteiger partial charge in [0.15, 0.2) is 11.5 Å². The van der Waals surface area contributed by atoms with Crippen molar-refractivity contribution in [3.63, 3.8) is 0 Å². The topological polar surface area (TPSA) is 76.2 Å². The second kappa shape index (κ2) is 7.09. The van der Waals surface area contributed by atoms with E-state index < -0.39 is 0 Å². The van der Waals surface area contributed by atoms with E-state index in [0.29, 0.717) is 47.5 Å². The molecule has 1 aliphatic heterocycles. The average molecular weight is 370 g/mol. The van der Waals surface area contributed by atoms with Crippen LogP contribution in [0.25, 0.3) is 11.3 Å². The predicted molar refractivity (Wildman–Crippen MR) is 97.6 cm³/mol. The van der Waals surface area contributed by atoms with Crippen molar-refractivity contribution in [3.8, 4) is 22.8 Å². The van der Waals surface area contributed by atoms with Crippen molar-refractivity contribution in [3.05, 3.63) is 64.8 Å². The van der Waals surface area contributed by atoms with Crippen LogP contribution in [0.15, 0.2) is 48.7 Å². The van der Waals surface area contributed by atoms with Crippen LogP contribution in [0.5, 0.6) is 11.5 Å². The van der Waals surface area contributed by atoms with Gasteiger partial charge in [-0.2, -0.15) is 5.10 Å². The number of fused-ring (bicyclic) bond motifs is 1. The van der Waals surface area contributed by atoms with Crippen LogP contribution >= 0.6 is 11.6 Å². The zero-order valence-corrected chi connectivity index (χ0v) is 14.5. The number of carbonyl (C=O) groups excluding carboxylic acids is 1. The zero-order valence-electron chi connectivity index (χ0n) is 13.8. The fourth-order valence-electron chi connectivity index (χ4n) is 2.76. The van der Waals surface area contributed by atoms with Gasteiger partial charge in [-0.15, -0.1) is 0 Å². The molecule has 0 aliphatic carbocycles. The van der Waals surface area contributed by atoms with Gasteiger partial charge in [0.25, 0.3) is 5.91 Å². The van der Waals surface area contributed by atoms with Crippen LogP contribution in [0.1, 0.15) is 15.9 Å². The molecule has 0 saturated carbocycles. The molecule has 0 bridgehead atoms. The number of rotatable bonds is 4. The highest BCUT2D eigenvalue weighted by Gasteiger charge is 2.18. The smallest absolute Gasteiger partial charge is 0.255 e. The third kappa shape index (κ3) is 3.36. The molecule has 7 heteroatoms. The second-order valence-electron chi connectivity index (χ2n) is 5.83. The van der Waals surface area contributed by atoms with Gasteiger partial charge < -0.3 is 14.8 Å². The molecule has 0 fully saturated rings. The molecule has 6 nitrogen and oxygen atoms in total. The number of aromatic nitrogens is 2. The van der Waals surface area contributed by atoms with Crippen molar-refractivity contribution in [2.24, 2.45) is 0 Å². The molecule has 0 unspecified atom stereocenters. The van der Waals surface area contributed by atoms with Gasteiger partial charge in [0.2, 0.25) is 0 Å². The quantitative estimate of drug-likeness (QED) is 0.738. The minimum absolute atomic E-state index is 0.210. The monoisotopic (exact) mass is 369 g/mol. The maximum Gasteiger partial charge on any atom is 0.255 e. The first kappa shape index (κ1) is 16.5. The maximum absolute atomic E-state index is 12.6. The van der Waals surface area contributed by atoms with Crippen molar-refractivity contribution in [2.75, 3.05) is 13.2 Å². The van der Waals surface area contributed by atoms with E-state index in [0.717, 1.165) is 11.1 Å². The third-order valence-corrected chi connectivity index (χ3v) is 4.33. The van der Waals surface area contributed by atoms with Gasteiger partial charge in [0, 0.05) is 17.1 Å². The van der Waals surface area contributed by atoms with Gasteiger partial charge in [-0.05, 0) is 35.9 Å². The van der Waals surface area contributed by atoms with E-state index in [1.54, 1.807) is 12.1 Å². The lowest BCUT2D eigenvalue weighted by molar-refractivity contribution is 0.0951. The predicted octanol–water partition coefficient (Wildman–Crippen LogP) is 3.43. The Hall–Kier alpha value is -2.99. The van der Waals surface area contributed by atoms with Crippen LogP contribution in [-0.4, -0.2) is 29.3 Å². The van der Waals surface area contributed by atoms with E-state index in [9.17, 15) is 4.79 Å². The number of aromatic amines is 1. The van der Waals surface area contributed by atoms with E-state index >= 15 is 0 Å².